The number of halogens is 2. The summed E-state index contributed by atoms with van der Waals surface area (Å²) in [5.74, 6) is -0.263. The largest absolute Gasteiger partial charge is 0.337 e. The first-order valence-electron chi connectivity index (χ1n) is 5.39. The van der Waals surface area contributed by atoms with Crippen LogP contribution in [0.5, 0.6) is 0 Å². The van der Waals surface area contributed by atoms with Crippen LogP contribution in [0.4, 0.5) is 4.39 Å². The molecule has 1 amide bonds. The van der Waals surface area contributed by atoms with Gasteiger partial charge in [-0.2, -0.15) is 0 Å². The lowest BCUT2D eigenvalue weighted by Crippen LogP contribution is -2.44. The van der Waals surface area contributed by atoms with E-state index < -0.39 is 6.04 Å². The third-order valence-electron chi connectivity index (χ3n) is 2.88. The quantitative estimate of drug-likeness (QED) is 0.829. The molecule has 1 aromatic rings. The van der Waals surface area contributed by atoms with Crippen molar-refractivity contribution < 1.29 is 9.18 Å². The van der Waals surface area contributed by atoms with Crippen LogP contribution < -0.4 is 5.73 Å². The van der Waals surface area contributed by atoms with Gasteiger partial charge in [-0.1, -0.05) is 6.07 Å². The number of nitrogens with zero attached hydrogens (tertiary/aromatic N) is 1. The zero-order chi connectivity index (χ0) is 11.7. The van der Waals surface area contributed by atoms with E-state index in [1.54, 1.807) is 24.0 Å². The molecule has 0 bridgehead atoms. The topological polar surface area (TPSA) is 46.3 Å². The Morgan fingerprint density at radius 3 is 2.82 bits per heavy atom. The molecule has 0 unspecified atom stereocenters. The van der Waals surface area contributed by atoms with Crippen molar-refractivity contribution in [1.82, 2.24) is 4.90 Å². The minimum atomic E-state index is -0.470. The molecule has 1 heterocycles. The van der Waals surface area contributed by atoms with Gasteiger partial charge in [-0.3, -0.25) is 4.79 Å². The predicted octanol–water partition coefficient (Wildman–Crippen LogP) is 1.48. The fraction of sp³-hybridized carbons (Fsp3) is 0.417. The van der Waals surface area contributed by atoms with Crippen LogP contribution >= 0.6 is 12.4 Å². The fourth-order valence-electron chi connectivity index (χ4n) is 2.00. The summed E-state index contributed by atoms with van der Waals surface area (Å²) in [5, 5.41) is 0. The molecule has 2 N–H and O–H groups in total. The van der Waals surface area contributed by atoms with Crippen LogP contribution in [-0.2, 0) is 17.8 Å². The molecule has 0 saturated carbocycles. The highest BCUT2D eigenvalue weighted by Crippen LogP contribution is 2.20. The molecule has 5 heteroatoms. The maximum Gasteiger partial charge on any atom is 0.239 e. The van der Waals surface area contributed by atoms with Gasteiger partial charge >= 0.3 is 0 Å². The molecule has 1 aliphatic heterocycles. The number of hydrogen-bond acceptors (Lipinski definition) is 2. The van der Waals surface area contributed by atoms with Crippen molar-refractivity contribution in [2.75, 3.05) is 6.54 Å². The van der Waals surface area contributed by atoms with E-state index in [0.29, 0.717) is 19.5 Å². The summed E-state index contributed by atoms with van der Waals surface area (Å²) >= 11 is 0. The van der Waals surface area contributed by atoms with Crippen molar-refractivity contribution in [3.8, 4) is 0 Å². The van der Waals surface area contributed by atoms with Crippen LogP contribution in [0.2, 0.25) is 0 Å². The molecule has 3 nitrogen and oxygen atoms in total. The number of rotatable bonds is 1. The Labute approximate surface area is 106 Å². The van der Waals surface area contributed by atoms with E-state index in [9.17, 15) is 9.18 Å². The Hall–Kier alpha value is -1.13. The standard InChI is InChI=1S/C12H15FN2O.ClH/c1-8(14)12(16)15-5-4-9-6-11(13)3-2-10(9)7-15;/h2-3,6,8H,4-5,7,14H2,1H3;1H/t8-;/m1./s1. The summed E-state index contributed by atoms with van der Waals surface area (Å²) in [6, 6.07) is 4.24. The molecule has 0 aromatic heterocycles. The number of nitrogens with two attached hydrogens (primary N) is 1. The lowest BCUT2D eigenvalue weighted by Gasteiger charge is -2.30. The predicted molar refractivity (Wildman–Crippen MR) is 66.4 cm³/mol. The second-order valence-corrected chi connectivity index (χ2v) is 4.21. The first kappa shape index (κ1) is 13.9. The average Bonchev–Trinajstić information content (AvgIpc) is 2.27. The summed E-state index contributed by atoms with van der Waals surface area (Å²) in [4.78, 5) is 13.4. The Bertz CT molecular complexity index is 423. The Morgan fingerprint density at radius 2 is 2.18 bits per heavy atom. The van der Waals surface area contributed by atoms with E-state index >= 15 is 0 Å². The van der Waals surface area contributed by atoms with E-state index in [4.69, 9.17) is 5.73 Å². The molecule has 0 fully saturated rings. The highest BCUT2D eigenvalue weighted by Gasteiger charge is 2.22. The number of carbonyl (C=O) groups is 1. The molecule has 0 aliphatic carbocycles. The van der Waals surface area contributed by atoms with Crippen molar-refractivity contribution in [2.45, 2.75) is 25.9 Å². The molecule has 0 radical (unpaired) electrons. The molecule has 17 heavy (non-hydrogen) atoms. The molecular formula is C12H16ClFN2O. The second kappa shape index (κ2) is 5.47. The van der Waals surface area contributed by atoms with Crippen LogP contribution in [0, 0.1) is 5.82 Å². The SMILES string of the molecule is C[C@@H](N)C(=O)N1CCc2cc(F)ccc2C1.Cl. The van der Waals surface area contributed by atoms with Gasteiger partial charge in [-0.05, 0) is 36.6 Å². The Kier molecular flexibility index (Phi) is 4.48. The van der Waals surface area contributed by atoms with Crippen molar-refractivity contribution >= 4 is 18.3 Å². The fourth-order valence-corrected chi connectivity index (χ4v) is 2.00. The summed E-state index contributed by atoms with van der Waals surface area (Å²) in [5.41, 5.74) is 7.57. The monoisotopic (exact) mass is 258 g/mol. The molecule has 1 aromatic carbocycles. The molecule has 2 rings (SSSR count). The van der Waals surface area contributed by atoms with Gasteiger partial charge in [0.2, 0.25) is 5.91 Å². The Morgan fingerprint density at radius 1 is 1.47 bits per heavy atom. The number of carbonyl (C=O) groups excluding carboxylic acids is 1. The first-order chi connectivity index (χ1) is 7.58. The van der Waals surface area contributed by atoms with Crippen molar-refractivity contribution in [2.24, 2.45) is 5.73 Å². The summed E-state index contributed by atoms with van der Waals surface area (Å²) < 4.78 is 13.0. The summed E-state index contributed by atoms with van der Waals surface area (Å²) in [6.45, 7) is 2.84. The van der Waals surface area contributed by atoms with Gasteiger partial charge in [0.25, 0.3) is 0 Å². The smallest absolute Gasteiger partial charge is 0.239 e. The average molecular weight is 259 g/mol. The lowest BCUT2D eigenvalue weighted by atomic mass is 9.99. The number of fused-ring (bicyclic) bond motifs is 1. The van der Waals surface area contributed by atoms with Crippen LogP contribution in [0.15, 0.2) is 18.2 Å². The zero-order valence-electron chi connectivity index (χ0n) is 9.65. The molecule has 0 saturated heterocycles. The third kappa shape index (κ3) is 2.96. The number of amides is 1. The number of benzene rings is 1. The van der Waals surface area contributed by atoms with E-state index in [-0.39, 0.29) is 24.1 Å². The van der Waals surface area contributed by atoms with Crippen LogP contribution in [0.3, 0.4) is 0 Å². The molecule has 0 spiro atoms. The van der Waals surface area contributed by atoms with Crippen molar-refractivity contribution in [3.05, 3.63) is 35.1 Å². The molecular weight excluding hydrogens is 243 g/mol. The zero-order valence-corrected chi connectivity index (χ0v) is 10.5. The van der Waals surface area contributed by atoms with Crippen LogP contribution in [0.1, 0.15) is 18.1 Å². The lowest BCUT2D eigenvalue weighted by molar-refractivity contribution is -0.133. The maximum atomic E-state index is 13.0. The van der Waals surface area contributed by atoms with Gasteiger partial charge in [0.1, 0.15) is 5.82 Å². The van der Waals surface area contributed by atoms with Crippen molar-refractivity contribution in [3.63, 3.8) is 0 Å². The van der Waals surface area contributed by atoms with E-state index in [0.717, 1.165) is 11.1 Å². The van der Waals surface area contributed by atoms with Gasteiger partial charge in [0, 0.05) is 13.1 Å². The minimum Gasteiger partial charge on any atom is -0.337 e. The van der Waals surface area contributed by atoms with Crippen molar-refractivity contribution in [1.29, 1.82) is 0 Å². The van der Waals surface area contributed by atoms with Gasteiger partial charge in [-0.25, -0.2) is 4.39 Å². The van der Waals surface area contributed by atoms with Crippen LogP contribution in [0.25, 0.3) is 0 Å². The van der Waals surface area contributed by atoms with Gasteiger partial charge in [-0.15, -0.1) is 12.4 Å². The van der Waals surface area contributed by atoms with Gasteiger partial charge < -0.3 is 10.6 Å². The molecule has 1 atom stereocenters. The normalized spacial score (nSPS) is 15.8. The van der Waals surface area contributed by atoms with Gasteiger partial charge in [0.15, 0.2) is 0 Å². The molecule has 94 valence electrons. The maximum absolute atomic E-state index is 13.0. The Balaban J connectivity index is 0.00000144. The third-order valence-corrected chi connectivity index (χ3v) is 2.88. The summed E-state index contributed by atoms with van der Waals surface area (Å²) in [7, 11) is 0. The highest BCUT2D eigenvalue weighted by atomic mass is 35.5. The molecule has 1 aliphatic rings. The first-order valence-corrected chi connectivity index (χ1v) is 5.39. The number of hydrogen-bond donors (Lipinski definition) is 1. The van der Waals surface area contributed by atoms with Gasteiger partial charge in [0.05, 0.1) is 6.04 Å². The second-order valence-electron chi connectivity index (χ2n) is 4.21. The highest BCUT2D eigenvalue weighted by molar-refractivity contribution is 5.85. The van der Waals surface area contributed by atoms with E-state index in [1.807, 2.05) is 0 Å². The summed E-state index contributed by atoms with van der Waals surface area (Å²) in [6.07, 6.45) is 0.700. The minimum absolute atomic E-state index is 0. The van der Waals surface area contributed by atoms with E-state index in [1.165, 1.54) is 6.07 Å². The van der Waals surface area contributed by atoms with E-state index in [2.05, 4.69) is 0 Å². The van der Waals surface area contributed by atoms with Crippen LogP contribution in [-0.4, -0.2) is 23.4 Å².